The van der Waals surface area contributed by atoms with E-state index in [2.05, 4.69) is 35.9 Å². The lowest BCUT2D eigenvalue weighted by atomic mass is 9.87. The van der Waals surface area contributed by atoms with E-state index in [4.69, 9.17) is 29.5 Å². The average molecular weight is 571 g/mol. The summed E-state index contributed by atoms with van der Waals surface area (Å²) in [6, 6.07) is 13.6. The SMILES string of the molecule is CC(C)COC(=O)CNP(OCC(CCc1ccc2c(N)ncnn12)OCC#N)Oc1ccc(C(C)(C)C)cc1. The van der Waals surface area contributed by atoms with Crippen LogP contribution in [0.4, 0.5) is 5.82 Å². The summed E-state index contributed by atoms with van der Waals surface area (Å²) in [7, 11) is -1.73. The highest BCUT2D eigenvalue weighted by atomic mass is 31.2. The van der Waals surface area contributed by atoms with Crippen LogP contribution in [-0.2, 0) is 30.6 Å². The smallest absolute Gasteiger partial charge is 0.320 e. The number of aromatic nitrogens is 3. The van der Waals surface area contributed by atoms with Crippen LogP contribution in [0.3, 0.4) is 0 Å². The van der Waals surface area contributed by atoms with Gasteiger partial charge in [0.15, 0.2) is 5.82 Å². The first kappa shape index (κ1) is 31.2. The van der Waals surface area contributed by atoms with Crippen molar-refractivity contribution in [1.29, 1.82) is 5.26 Å². The summed E-state index contributed by atoms with van der Waals surface area (Å²) >= 11 is 0. The van der Waals surface area contributed by atoms with Crippen LogP contribution in [0, 0.1) is 17.2 Å². The van der Waals surface area contributed by atoms with Gasteiger partial charge in [-0.2, -0.15) is 10.4 Å². The second-order valence-corrected chi connectivity index (χ2v) is 12.0. The molecule has 0 saturated carbocycles. The molecule has 0 amide bonds. The Morgan fingerprint density at radius 3 is 2.60 bits per heavy atom. The molecule has 0 radical (unpaired) electrons. The number of nitrogens with one attached hydrogen (secondary N) is 1. The van der Waals surface area contributed by atoms with Crippen LogP contribution in [-0.4, -0.2) is 53.0 Å². The molecule has 216 valence electrons. The molecule has 0 aliphatic heterocycles. The number of benzene rings is 1. The summed E-state index contributed by atoms with van der Waals surface area (Å²) in [5, 5.41) is 16.4. The van der Waals surface area contributed by atoms with Crippen LogP contribution in [0.5, 0.6) is 5.75 Å². The van der Waals surface area contributed by atoms with Crippen LogP contribution >= 0.6 is 8.53 Å². The number of carbonyl (C=O) groups excluding carboxylic acids is 1. The monoisotopic (exact) mass is 570 g/mol. The fraction of sp³-hybridized carbons (Fsp3) is 0.500. The van der Waals surface area contributed by atoms with Gasteiger partial charge in [0.2, 0.25) is 0 Å². The molecule has 0 aliphatic carbocycles. The molecule has 0 spiro atoms. The summed E-state index contributed by atoms with van der Waals surface area (Å²) in [6.45, 7) is 10.7. The summed E-state index contributed by atoms with van der Waals surface area (Å²) in [4.78, 5) is 16.3. The maximum Gasteiger partial charge on any atom is 0.320 e. The van der Waals surface area contributed by atoms with Crippen molar-refractivity contribution in [2.45, 2.75) is 59.0 Å². The first-order chi connectivity index (χ1) is 19.1. The molecule has 0 bridgehead atoms. The summed E-state index contributed by atoms with van der Waals surface area (Å²) in [6.07, 6.45) is 2.16. The number of carbonyl (C=O) groups is 1. The number of hydrogen-bond donors (Lipinski definition) is 2. The molecule has 2 unspecified atom stereocenters. The molecule has 0 aliphatic rings. The molecule has 2 aromatic heterocycles. The zero-order chi connectivity index (χ0) is 29.1. The van der Waals surface area contributed by atoms with Crippen molar-refractivity contribution < 1.29 is 23.3 Å². The normalized spacial score (nSPS) is 13.2. The minimum atomic E-state index is -1.73. The Bertz CT molecular complexity index is 1270. The Labute approximate surface area is 236 Å². The molecular weight excluding hydrogens is 531 g/mol. The van der Waals surface area contributed by atoms with Crippen LogP contribution in [0.25, 0.3) is 5.52 Å². The van der Waals surface area contributed by atoms with E-state index in [9.17, 15) is 4.79 Å². The number of hydrogen-bond acceptors (Lipinski definition) is 10. The number of rotatable bonds is 15. The van der Waals surface area contributed by atoms with Gasteiger partial charge in [-0.25, -0.2) is 14.6 Å². The zero-order valence-corrected chi connectivity index (χ0v) is 24.7. The number of nitrogens with zero attached hydrogens (tertiary/aromatic N) is 4. The molecule has 2 heterocycles. The predicted octanol–water partition coefficient (Wildman–Crippen LogP) is 4.56. The predicted molar refractivity (Wildman–Crippen MR) is 154 cm³/mol. The number of ether oxygens (including phenoxy) is 2. The maximum absolute atomic E-state index is 12.2. The molecule has 3 rings (SSSR count). The third-order valence-corrected chi connectivity index (χ3v) is 7.06. The number of nitrogen functional groups attached to an aromatic ring is 1. The number of fused-ring (bicyclic) bond motifs is 1. The average Bonchev–Trinajstić information content (AvgIpc) is 3.34. The van der Waals surface area contributed by atoms with E-state index in [1.54, 1.807) is 4.52 Å². The van der Waals surface area contributed by atoms with Gasteiger partial charge >= 0.3 is 14.5 Å². The number of esters is 1. The maximum atomic E-state index is 12.2. The lowest BCUT2D eigenvalue weighted by Gasteiger charge is -2.23. The lowest BCUT2D eigenvalue weighted by Crippen LogP contribution is -2.27. The van der Waals surface area contributed by atoms with Gasteiger partial charge < -0.3 is 24.3 Å². The van der Waals surface area contributed by atoms with E-state index in [0.29, 0.717) is 31.0 Å². The van der Waals surface area contributed by atoms with Crippen molar-refractivity contribution in [3.8, 4) is 11.8 Å². The topological polar surface area (TPSA) is 146 Å². The molecule has 3 N–H and O–H groups in total. The minimum absolute atomic E-state index is 0.00651. The fourth-order valence-electron chi connectivity index (χ4n) is 3.68. The van der Waals surface area contributed by atoms with E-state index >= 15 is 0 Å². The van der Waals surface area contributed by atoms with Crippen molar-refractivity contribution in [2.24, 2.45) is 5.92 Å². The Kier molecular flexibility index (Phi) is 11.6. The standard InChI is InChI=1S/C28H39N6O5P/c1-20(2)17-37-26(35)16-33-40(39-23-10-6-21(7-11-23)28(3,4)5)38-18-24(36-15-14-29)12-8-22-9-13-25-27(30)31-19-32-34(22)25/h6-7,9-11,13,19-20,24,33H,8,12,15-18H2,1-5H3,(H2,30,31,32). The number of nitrogens with two attached hydrogens (primary N) is 1. The van der Waals surface area contributed by atoms with Crippen molar-refractivity contribution in [3.05, 3.63) is 54.0 Å². The van der Waals surface area contributed by atoms with Crippen LogP contribution in [0.1, 0.15) is 52.3 Å². The summed E-state index contributed by atoms with van der Waals surface area (Å²) in [5.41, 5.74) is 8.78. The Hall–Kier alpha value is -3.29. The Morgan fingerprint density at radius 2 is 1.93 bits per heavy atom. The van der Waals surface area contributed by atoms with Gasteiger partial charge in [-0.15, -0.1) is 0 Å². The van der Waals surface area contributed by atoms with Gasteiger partial charge in [0.1, 0.15) is 30.7 Å². The fourth-order valence-corrected chi connectivity index (χ4v) is 4.76. The van der Waals surface area contributed by atoms with Gasteiger partial charge in [0.05, 0.1) is 25.4 Å². The molecule has 3 aromatic rings. The first-order valence-corrected chi connectivity index (χ1v) is 14.4. The second-order valence-electron chi connectivity index (χ2n) is 10.7. The quantitative estimate of drug-likeness (QED) is 0.197. The van der Waals surface area contributed by atoms with E-state index in [1.165, 1.54) is 11.9 Å². The summed E-state index contributed by atoms with van der Waals surface area (Å²) in [5.74, 6) is 0.847. The molecule has 11 nitrogen and oxygen atoms in total. The third-order valence-electron chi connectivity index (χ3n) is 5.88. The Balaban J connectivity index is 1.66. The van der Waals surface area contributed by atoms with Gasteiger partial charge in [-0.1, -0.05) is 46.8 Å². The molecule has 2 atom stereocenters. The first-order valence-electron chi connectivity index (χ1n) is 13.2. The van der Waals surface area contributed by atoms with E-state index in [0.717, 1.165) is 11.2 Å². The third kappa shape index (κ3) is 9.72. The van der Waals surface area contributed by atoms with Crippen molar-refractivity contribution in [3.63, 3.8) is 0 Å². The largest absolute Gasteiger partial charge is 0.464 e. The Morgan fingerprint density at radius 1 is 1.18 bits per heavy atom. The van der Waals surface area contributed by atoms with Gasteiger partial charge in [-0.05, 0) is 54.0 Å². The van der Waals surface area contributed by atoms with Crippen molar-refractivity contribution >= 4 is 25.8 Å². The molecular formula is C28H39N6O5P. The summed E-state index contributed by atoms with van der Waals surface area (Å²) < 4.78 is 25.0. The number of anilines is 1. The van der Waals surface area contributed by atoms with Crippen molar-refractivity contribution in [1.82, 2.24) is 19.7 Å². The zero-order valence-electron chi connectivity index (χ0n) is 23.8. The molecule has 0 fully saturated rings. The van der Waals surface area contributed by atoms with Crippen molar-refractivity contribution in [2.75, 3.05) is 32.1 Å². The van der Waals surface area contributed by atoms with E-state index in [1.807, 2.05) is 56.3 Å². The van der Waals surface area contributed by atoms with Gasteiger partial charge in [-0.3, -0.25) is 4.79 Å². The second kappa shape index (κ2) is 14.9. The van der Waals surface area contributed by atoms with Gasteiger partial charge in [0, 0.05) is 5.69 Å². The van der Waals surface area contributed by atoms with Crippen LogP contribution in [0.2, 0.25) is 0 Å². The van der Waals surface area contributed by atoms with E-state index in [-0.39, 0.29) is 31.1 Å². The minimum Gasteiger partial charge on any atom is -0.464 e. The van der Waals surface area contributed by atoms with Crippen LogP contribution < -0.4 is 15.3 Å². The van der Waals surface area contributed by atoms with Crippen LogP contribution in [0.15, 0.2) is 42.7 Å². The highest BCUT2D eigenvalue weighted by molar-refractivity contribution is 7.45. The lowest BCUT2D eigenvalue weighted by molar-refractivity contribution is -0.143. The van der Waals surface area contributed by atoms with Gasteiger partial charge in [0.25, 0.3) is 0 Å². The molecule has 12 heteroatoms. The number of aryl methyl sites for hydroxylation is 1. The van der Waals surface area contributed by atoms with E-state index < -0.39 is 20.6 Å². The molecule has 40 heavy (non-hydrogen) atoms. The number of nitriles is 1. The molecule has 1 aromatic carbocycles. The molecule has 0 saturated heterocycles. The highest BCUT2D eigenvalue weighted by Gasteiger charge is 2.21. The highest BCUT2D eigenvalue weighted by Crippen LogP contribution is 2.36.